The van der Waals surface area contributed by atoms with Crippen LogP contribution in [0.2, 0.25) is 0 Å². The van der Waals surface area contributed by atoms with Gasteiger partial charge in [0.05, 0.1) is 6.61 Å². The number of rotatable bonds is 16. The van der Waals surface area contributed by atoms with Crippen LogP contribution in [0.5, 0.6) is 0 Å². The van der Waals surface area contributed by atoms with Gasteiger partial charge >= 0.3 is 6.16 Å². The van der Waals surface area contributed by atoms with E-state index < -0.39 is 6.16 Å². The van der Waals surface area contributed by atoms with Gasteiger partial charge in [-0.1, -0.05) is 55.5 Å². The van der Waals surface area contributed by atoms with Gasteiger partial charge in [0.15, 0.2) is 0 Å². The molecule has 37 heavy (non-hydrogen) atoms. The Bertz CT molecular complexity index is 1020. The Morgan fingerprint density at radius 3 is 2.03 bits per heavy atom. The number of carbonyl (C=O) groups excluding carboxylic acids is 3. The summed E-state index contributed by atoms with van der Waals surface area (Å²) in [5.74, 6) is -0.00999. The number of hydrogen-bond acceptors (Lipinski definition) is 6. The molecular weight excluding hydrogens is 472 g/mol. The molecule has 2 amide bonds. The van der Waals surface area contributed by atoms with Crippen molar-refractivity contribution in [3.8, 4) is 11.1 Å². The molecule has 200 valence electrons. The van der Waals surface area contributed by atoms with Gasteiger partial charge < -0.3 is 25.2 Å². The summed E-state index contributed by atoms with van der Waals surface area (Å²) in [5, 5.41) is 9.95. The average Bonchev–Trinajstić information content (AvgIpc) is 3.25. The second-order valence-corrected chi connectivity index (χ2v) is 9.47. The molecule has 1 aliphatic carbocycles. The molecule has 1 atom stereocenters. The van der Waals surface area contributed by atoms with Crippen LogP contribution in [-0.2, 0) is 19.1 Å². The molecular formula is C29H38N2O6. The number of unbranched alkanes of at least 4 members (excludes halogenated alkanes) is 2. The second-order valence-electron chi connectivity index (χ2n) is 9.47. The lowest BCUT2D eigenvalue weighted by Gasteiger charge is -2.14. The van der Waals surface area contributed by atoms with E-state index in [1.807, 2.05) is 31.2 Å². The Morgan fingerprint density at radius 1 is 0.865 bits per heavy atom. The van der Waals surface area contributed by atoms with Gasteiger partial charge in [0.25, 0.3) is 0 Å². The maximum absolute atomic E-state index is 12.1. The largest absolute Gasteiger partial charge is 0.508 e. The molecule has 2 aromatic rings. The molecule has 3 rings (SSSR count). The van der Waals surface area contributed by atoms with Crippen molar-refractivity contribution in [2.75, 3.05) is 32.9 Å². The first kappa shape index (κ1) is 26.7. The number of aliphatic hydroxyl groups excluding tert-OH is 1. The van der Waals surface area contributed by atoms with Crippen LogP contribution < -0.4 is 10.6 Å². The minimum Gasteiger partial charge on any atom is -0.434 e. The van der Waals surface area contributed by atoms with E-state index in [1.165, 1.54) is 11.1 Å². The number of fused-ring (bicyclic) bond motifs is 3. The highest BCUT2D eigenvalue weighted by Gasteiger charge is 2.29. The molecule has 0 fully saturated rings. The third kappa shape index (κ3) is 8.89. The minimum absolute atomic E-state index is 0.0106. The Hall–Kier alpha value is -3.39. The third-order valence-electron chi connectivity index (χ3n) is 6.44. The lowest BCUT2D eigenvalue weighted by molar-refractivity contribution is -0.121. The Kier molecular flexibility index (Phi) is 10.8. The average molecular weight is 512 g/mol. The lowest BCUT2D eigenvalue weighted by Crippen LogP contribution is -2.35. The molecule has 3 N–H and O–H groups in total. The molecule has 0 radical (unpaired) electrons. The highest BCUT2D eigenvalue weighted by molar-refractivity contribution is 5.79. The predicted octanol–water partition coefficient (Wildman–Crippen LogP) is 4.15. The highest BCUT2D eigenvalue weighted by atomic mass is 16.7. The van der Waals surface area contributed by atoms with Crippen molar-refractivity contribution in [2.24, 2.45) is 5.92 Å². The van der Waals surface area contributed by atoms with Crippen LogP contribution in [0.1, 0.15) is 62.5 Å². The normalized spacial score (nSPS) is 13.2. The van der Waals surface area contributed by atoms with E-state index in [0.717, 1.165) is 11.1 Å². The van der Waals surface area contributed by atoms with Crippen molar-refractivity contribution in [1.29, 1.82) is 1.43 Å². The van der Waals surface area contributed by atoms with Crippen molar-refractivity contribution in [1.82, 2.24) is 10.6 Å². The number of carbonyl (C=O) groups is 3. The monoisotopic (exact) mass is 511 g/mol. The summed E-state index contributed by atoms with van der Waals surface area (Å²) >= 11 is 0. The summed E-state index contributed by atoms with van der Waals surface area (Å²) in [7, 11) is 0. The van der Waals surface area contributed by atoms with Gasteiger partial charge in [0, 0.05) is 38.5 Å². The van der Waals surface area contributed by atoms with Crippen LogP contribution >= 0.6 is 0 Å². The van der Waals surface area contributed by atoms with Crippen LogP contribution in [0.25, 0.3) is 11.1 Å². The molecule has 0 spiro atoms. The topological polar surface area (TPSA) is 114 Å². The number of benzene rings is 2. The molecule has 0 bridgehead atoms. The molecule has 0 aromatic heterocycles. The maximum atomic E-state index is 12.1. The quantitative estimate of drug-likeness (QED) is 0.230. The fourth-order valence-electron chi connectivity index (χ4n) is 4.39. The summed E-state index contributed by atoms with van der Waals surface area (Å²) in [5.41, 5.74) is 4.64. The van der Waals surface area contributed by atoms with Crippen LogP contribution in [0.3, 0.4) is 0 Å². The molecule has 1 unspecified atom stereocenters. The number of amides is 2. The van der Waals surface area contributed by atoms with Crippen LogP contribution in [0.15, 0.2) is 48.5 Å². The van der Waals surface area contributed by atoms with E-state index in [9.17, 15) is 14.4 Å². The van der Waals surface area contributed by atoms with Gasteiger partial charge in [-0.05, 0) is 53.9 Å². The van der Waals surface area contributed by atoms with Gasteiger partial charge in [0.1, 0.15) is 6.61 Å². The molecule has 8 nitrogen and oxygen atoms in total. The van der Waals surface area contributed by atoms with E-state index in [2.05, 4.69) is 40.0 Å². The highest BCUT2D eigenvalue weighted by Crippen LogP contribution is 2.44. The molecule has 0 saturated carbocycles. The van der Waals surface area contributed by atoms with Gasteiger partial charge in [-0.25, -0.2) is 4.79 Å². The number of ether oxygens (including phenoxy) is 2. The van der Waals surface area contributed by atoms with Gasteiger partial charge in [-0.15, -0.1) is 0 Å². The maximum Gasteiger partial charge on any atom is 0.508 e. The predicted molar refractivity (Wildman–Crippen MR) is 141 cm³/mol. The molecule has 1 aliphatic rings. The molecule has 0 heterocycles. The van der Waals surface area contributed by atoms with Crippen molar-refractivity contribution >= 4 is 18.0 Å². The fourth-order valence-corrected chi connectivity index (χ4v) is 4.39. The molecule has 2 aromatic carbocycles. The summed E-state index contributed by atoms with van der Waals surface area (Å²) in [6.45, 7) is 3.66. The Labute approximate surface area is 220 Å². The summed E-state index contributed by atoms with van der Waals surface area (Å²) in [4.78, 5) is 36.0. The van der Waals surface area contributed by atoms with Gasteiger partial charge in [-0.3, -0.25) is 9.59 Å². The zero-order chi connectivity index (χ0) is 27.2. The summed E-state index contributed by atoms with van der Waals surface area (Å²) in [6.07, 6.45) is 2.56. The zero-order valence-electron chi connectivity index (χ0n) is 22.5. The SMILES string of the molecule is [2H]OCCCCC(=O)NCC(C)CNC(=O)CCCCOC(=O)OCC1c2ccccc2-c2ccccc21. The Balaban J connectivity index is 1.23. The van der Waals surface area contributed by atoms with Gasteiger partial charge in [0.2, 0.25) is 13.2 Å². The first-order valence-corrected chi connectivity index (χ1v) is 13.1. The van der Waals surface area contributed by atoms with E-state index in [1.54, 1.807) is 0 Å². The van der Waals surface area contributed by atoms with Crippen LogP contribution in [-0.4, -0.2) is 57.4 Å². The van der Waals surface area contributed by atoms with Crippen molar-refractivity contribution < 1.29 is 29.0 Å². The van der Waals surface area contributed by atoms with E-state index >= 15 is 0 Å². The van der Waals surface area contributed by atoms with Crippen molar-refractivity contribution in [2.45, 2.75) is 51.4 Å². The van der Waals surface area contributed by atoms with Crippen LogP contribution in [0, 0.1) is 5.92 Å². The lowest BCUT2D eigenvalue weighted by atomic mass is 9.98. The number of hydrogen-bond donors (Lipinski definition) is 3. The minimum atomic E-state index is -0.697. The van der Waals surface area contributed by atoms with E-state index in [4.69, 9.17) is 10.9 Å². The molecule has 0 aliphatic heterocycles. The summed E-state index contributed by atoms with van der Waals surface area (Å²) < 4.78 is 17.2. The first-order chi connectivity index (χ1) is 18.5. The molecule has 0 saturated heterocycles. The standard InChI is InChI=1S/C29H38N2O6/c1-21(18-30-27(33)14-6-8-16-32)19-31-28(34)15-7-9-17-36-29(35)37-20-26-24-12-4-2-10-22(24)23-11-3-5-13-25(23)26/h2-5,10-13,21,26,32H,6-9,14-20H2,1H3,(H,30,33)(H,31,34)/i32D. The first-order valence-electron chi connectivity index (χ1n) is 13.5. The summed E-state index contributed by atoms with van der Waals surface area (Å²) in [6, 6.07) is 16.3. The number of aliphatic hydroxyl groups is 1. The Morgan fingerprint density at radius 2 is 1.43 bits per heavy atom. The van der Waals surface area contributed by atoms with Crippen molar-refractivity contribution in [3.05, 3.63) is 59.7 Å². The second kappa shape index (κ2) is 15.0. The van der Waals surface area contributed by atoms with E-state index in [0.29, 0.717) is 58.2 Å². The number of nitrogens with one attached hydrogen (secondary N) is 2. The third-order valence-corrected chi connectivity index (χ3v) is 6.44. The fraction of sp³-hybridized carbons (Fsp3) is 0.483. The van der Waals surface area contributed by atoms with Crippen molar-refractivity contribution in [3.63, 3.8) is 0 Å². The smallest absolute Gasteiger partial charge is 0.434 e. The zero-order valence-corrected chi connectivity index (χ0v) is 21.5. The van der Waals surface area contributed by atoms with Crippen LogP contribution in [0.4, 0.5) is 4.79 Å². The van der Waals surface area contributed by atoms with Gasteiger partial charge in [-0.2, -0.15) is 0 Å². The van der Waals surface area contributed by atoms with E-state index in [-0.39, 0.29) is 36.9 Å². The molecule has 8 heteroatoms.